The summed E-state index contributed by atoms with van der Waals surface area (Å²) in [7, 11) is -0.829. The van der Waals surface area contributed by atoms with E-state index in [2.05, 4.69) is 33.9 Å². The molecule has 0 N–H and O–H groups in total. The van der Waals surface area contributed by atoms with Gasteiger partial charge in [0.05, 0.1) is 18.2 Å². The number of hydrogen-bond donors (Lipinski definition) is 0. The quantitative estimate of drug-likeness (QED) is 0.187. The summed E-state index contributed by atoms with van der Waals surface area (Å²) in [6.07, 6.45) is 0.0783. The minimum atomic E-state index is -4.39. The number of benzene rings is 2. The minimum absolute atomic E-state index is 0.0382. The predicted molar refractivity (Wildman–Crippen MR) is 157 cm³/mol. The van der Waals surface area contributed by atoms with E-state index in [0.29, 0.717) is 36.9 Å². The molecule has 3 rings (SSSR count). The average molecular weight is 592 g/mol. The third kappa shape index (κ3) is 9.17. The lowest BCUT2D eigenvalue weighted by atomic mass is 9.99. The molecule has 1 aliphatic heterocycles. The molecule has 0 bridgehead atoms. The van der Waals surface area contributed by atoms with Crippen molar-refractivity contribution in [2.75, 3.05) is 13.7 Å². The maximum absolute atomic E-state index is 13.4. The van der Waals surface area contributed by atoms with Gasteiger partial charge in [0.15, 0.2) is 8.32 Å². The molecule has 1 amide bonds. The zero-order chi connectivity index (χ0) is 30.4. The van der Waals surface area contributed by atoms with Crippen molar-refractivity contribution >= 4 is 20.2 Å². The first-order chi connectivity index (χ1) is 19.1. The average Bonchev–Trinajstić information content (AvgIpc) is 3.25. The van der Waals surface area contributed by atoms with E-state index in [1.165, 1.54) is 19.2 Å². The van der Waals surface area contributed by atoms with Crippen LogP contribution in [0.5, 0.6) is 0 Å². The van der Waals surface area contributed by atoms with Gasteiger partial charge in [-0.25, -0.2) is 4.79 Å². The molecule has 2 aromatic carbocycles. The third-order valence-corrected chi connectivity index (χ3v) is 13.0. The monoisotopic (exact) mass is 591 g/mol. The third-order valence-electron chi connectivity index (χ3n) is 8.50. The number of rotatable bonds is 12. The van der Waals surface area contributed by atoms with E-state index in [-0.39, 0.29) is 29.1 Å². The lowest BCUT2D eigenvalue weighted by molar-refractivity contribution is -0.137. The van der Waals surface area contributed by atoms with Gasteiger partial charge in [-0.05, 0) is 86.0 Å². The van der Waals surface area contributed by atoms with E-state index < -0.39 is 20.1 Å². The Morgan fingerprint density at radius 1 is 1.07 bits per heavy atom. The van der Waals surface area contributed by atoms with Gasteiger partial charge < -0.3 is 14.1 Å². The standard InChI is InChI=1S/C32H44F3NO4Si/c1-31(2,3)41(5,6)40-28(22-24-9-7-11-26(21-24)32(33,34)35)18-16-27-17-19-29(37)36(27)20-8-10-23-12-14-25(15-13-23)30(38)39-4/h7,9,11-15,21,27-28H,8,10,16-20,22H2,1-6H3. The van der Waals surface area contributed by atoms with Crippen molar-refractivity contribution in [2.45, 2.75) is 102 Å². The first kappa shape index (κ1) is 32.9. The molecule has 1 aliphatic rings. The number of likely N-dealkylation sites (tertiary alicyclic amines) is 1. The van der Waals surface area contributed by atoms with Crippen LogP contribution < -0.4 is 0 Å². The Kier molecular flexibility index (Phi) is 10.9. The topological polar surface area (TPSA) is 55.8 Å². The van der Waals surface area contributed by atoms with Crippen molar-refractivity contribution in [1.29, 1.82) is 0 Å². The van der Waals surface area contributed by atoms with Gasteiger partial charge in [0.25, 0.3) is 0 Å². The van der Waals surface area contributed by atoms with Crippen LogP contribution in [0.4, 0.5) is 13.2 Å². The molecule has 226 valence electrons. The highest BCUT2D eigenvalue weighted by molar-refractivity contribution is 6.74. The maximum atomic E-state index is 13.4. The molecule has 1 saturated heterocycles. The lowest BCUT2D eigenvalue weighted by Crippen LogP contribution is -2.45. The van der Waals surface area contributed by atoms with Gasteiger partial charge in [-0.3, -0.25) is 4.79 Å². The van der Waals surface area contributed by atoms with Crippen LogP contribution >= 0.6 is 0 Å². The summed E-state index contributed by atoms with van der Waals surface area (Å²) in [5.41, 5.74) is 1.56. The number of amides is 1. The number of esters is 1. The number of nitrogens with zero attached hydrogens (tertiary/aromatic N) is 1. The zero-order valence-corrected chi connectivity index (χ0v) is 26.1. The van der Waals surface area contributed by atoms with Crippen LogP contribution in [-0.2, 0) is 33.0 Å². The van der Waals surface area contributed by atoms with Crippen molar-refractivity contribution in [3.05, 3.63) is 70.8 Å². The second-order valence-corrected chi connectivity index (χ2v) is 17.3. The Balaban J connectivity index is 1.65. The molecule has 0 saturated carbocycles. The lowest BCUT2D eigenvalue weighted by Gasteiger charge is -2.40. The van der Waals surface area contributed by atoms with Gasteiger partial charge in [0.2, 0.25) is 5.91 Å². The highest BCUT2D eigenvalue weighted by Gasteiger charge is 2.40. The molecule has 41 heavy (non-hydrogen) atoms. The number of hydrogen-bond acceptors (Lipinski definition) is 4. The first-order valence-corrected chi connectivity index (χ1v) is 17.3. The SMILES string of the molecule is COC(=O)c1ccc(CCCN2C(=O)CCC2CCC(Cc2cccc(C(F)(F)F)c2)O[Si](C)(C)C(C)(C)C)cc1. The summed E-state index contributed by atoms with van der Waals surface area (Å²) >= 11 is 0. The van der Waals surface area contributed by atoms with Crippen LogP contribution in [0.15, 0.2) is 48.5 Å². The fourth-order valence-electron chi connectivity index (χ4n) is 5.09. The Morgan fingerprint density at radius 2 is 1.76 bits per heavy atom. The van der Waals surface area contributed by atoms with Crippen LogP contribution in [0.1, 0.15) is 79.9 Å². The van der Waals surface area contributed by atoms with Crippen molar-refractivity contribution < 1.29 is 31.9 Å². The highest BCUT2D eigenvalue weighted by Crippen LogP contribution is 2.39. The molecule has 9 heteroatoms. The smallest absolute Gasteiger partial charge is 0.416 e. The Labute approximate surface area is 243 Å². The molecule has 1 heterocycles. The van der Waals surface area contributed by atoms with Gasteiger partial charge in [-0.1, -0.05) is 51.1 Å². The van der Waals surface area contributed by atoms with E-state index in [0.717, 1.165) is 37.3 Å². The molecular weight excluding hydrogens is 547 g/mol. The Morgan fingerprint density at radius 3 is 2.37 bits per heavy atom. The Hall–Kier alpha value is -2.65. The molecule has 1 fully saturated rings. The molecule has 5 nitrogen and oxygen atoms in total. The molecule has 0 aliphatic carbocycles. The summed E-state index contributed by atoms with van der Waals surface area (Å²) in [6, 6.07) is 12.9. The molecule has 2 unspecified atom stereocenters. The largest absolute Gasteiger partial charge is 0.465 e. The second kappa shape index (κ2) is 13.5. The van der Waals surface area contributed by atoms with E-state index in [4.69, 9.17) is 9.16 Å². The van der Waals surface area contributed by atoms with Gasteiger partial charge in [0, 0.05) is 25.1 Å². The zero-order valence-electron chi connectivity index (χ0n) is 25.1. The van der Waals surface area contributed by atoms with Crippen LogP contribution in [-0.4, -0.2) is 50.9 Å². The highest BCUT2D eigenvalue weighted by atomic mass is 28.4. The molecule has 0 aromatic heterocycles. The summed E-state index contributed by atoms with van der Waals surface area (Å²) in [4.78, 5) is 26.4. The van der Waals surface area contributed by atoms with E-state index in [1.54, 1.807) is 18.2 Å². The number of halogens is 3. The Bertz CT molecular complexity index is 1170. The number of alkyl halides is 3. The normalized spacial score (nSPS) is 17.1. The first-order valence-electron chi connectivity index (χ1n) is 14.4. The van der Waals surface area contributed by atoms with E-state index >= 15 is 0 Å². The van der Waals surface area contributed by atoms with Crippen LogP contribution in [0.2, 0.25) is 18.1 Å². The van der Waals surface area contributed by atoms with Crippen molar-refractivity contribution in [1.82, 2.24) is 4.90 Å². The van der Waals surface area contributed by atoms with Crippen molar-refractivity contribution in [3.63, 3.8) is 0 Å². The van der Waals surface area contributed by atoms with Crippen LogP contribution in [0, 0.1) is 0 Å². The molecule has 2 atom stereocenters. The summed E-state index contributed by atoms with van der Waals surface area (Å²) in [5, 5.41) is -0.0382. The summed E-state index contributed by atoms with van der Waals surface area (Å²) in [6.45, 7) is 11.4. The van der Waals surface area contributed by atoms with Gasteiger partial charge in [0.1, 0.15) is 0 Å². The number of ether oxygens (including phenoxy) is 1. The van der Waals surface area contributed by atoms with Gasteiger partial charge in [-0.15, -0.1) is 0 Å². The van der Waals surface area contributed by atoms with Crippen LogP contribution in [0.25, 0.3) is 0 Å². The van der Waals surface area contributed by atoms with Crippen molar-refractivity contribution in [2.24, 2.45) is 0 Å². The molecule has 2 aromatic rings. The molecule has 0 radical (unpaired) electrons. The molecular formula is C32H44F3NO4Si. The van der Waals surface area contributed by atoms with E-state index in [9.17, 15) is 22.8 Å². The van der Waals surface area contributed by atoms with Crippen molar-refractivity contribution in [3.8, 4) is 0 Å². The predicted octanol–water partition coefficient (Wildman–Crippen LogP) is 7.83. The van der Waals surface area contributed by atoms with Crippen LogP contribution in [0.3, 0.4) is 0 Å². The van der Waals surface area contributed by atoms with Gasteiger partial charge >= 0.3 is 12.1 Å². The van der Waals surface area contributed by atoms with E-state index in [1.807, 2.05) is 17.0 Å². The second-order valence-electron chi connectivity index (χ2n) is 12.6. The molecule has 0 spiro atoms. The fraction of sp³-hybridized carbons (Fsp3) is 0.562. The minimum Gasteiger partial charge on any atom is -0.465 e. The summed E-state index contributed by atoms with van der Waals surface area (Å²) < 4.78 is 51.6. The fourth-order valence-corrected chi connectivity index (χ4v) is 6.48. The number of carbonyl (C=O) groups excluding carboxylic acids is 2. The summed E-state index contributed by atoms with van der Waals surface area (Å²) in [5.74, 6) is -0.221. The number of carbonyl (C=O) groups is 2. The maximum Gasteiger partial charge on any atom is 0.416 e. The number of aryl methyl sites for hydroxylation is 1. The van der Waals surface area contributed by atoms with Gasteiger partial charge in [-0.2, -0.15) is 13.2 Å². The number of methoxy groups -OCH3 is 1.